The number of aromatic nitrogens is 2. The van der Waals surface area contributed by atoms with E-state index < -0.39 is 0 Å². The molecule has 0 aliphatic carbocycles. The average Bonchev–Trinajstić information content (AvgIpc) is 2.49. The van der Waals surface area contributed by atoms with Crippen molar-refractivity contribution in [3.05, 3.63) is 11.7 Å². The fourth-order valence-electron chi connectivity index (χ4n) is 1.27. The fraction of sp³-hybridized carbons (Fsp3) is 0.818. The van der Waals surface area contributed by atoms with E-state index in [1.54, 1.807) is 0 Å². The molecule has 0 saturated carbocycles. The summed E-state index contributed by atoms with van der Waals surface area (Å²) in [5.74, 6) is 1.25. The van der Waals surface area contributed by atoms with Gasteiger partial charge in [-0.1, -0.05) is 32.9 Å². The Morgan fingerprint density at radius 1 is 1.40 bits per heavy atom. The summed E-state index contributed by atoms with van der Waals surface area (Å²) in [5.41, 5.74) is 0.157. The number of aliphatic hydroxyl groups excluding tert-OH is 1. The van der Waals surface area contributed by atoms with Crippen LogP contribution in [-0.2, 0) is 12.8 Å². The molecule has 15 heavy (non-hydrogen) atoms. The number of aliphatic hydroxyl groups is 1. The van der Waals surface area contributed by atoms with Crippen molar-refractivity contribution < 1.29 is 9.63 Å². The molecule has 1 unspecified atom stereocenters. The van der Waals surface area contributed by atoms with Crippen LogP contribution >= 0.6 is 0 Å². The summed E-state index contributed by atoms with van der Waals surface area (Å²) in [6, 6.07) is 0. The smallest absolute Gasteiger partial charge is 0.229 e. The third-order valence-corrected chi connectivity index (χ3v) is 2.08. The second kappa shape index (κ2) is 4.75. The molecule has 0 radical (unpaired) electrons. The number of nitrogens with zero attached hydrogens (tertiary/aromatic N) is 2. The lowest BCUT2D eigenvalue weighted by molar-refractivity contribution is 0.158. The van der Waals surface area contributed by atoms with Gasteiger partial charge in [-0.05, 0) is 11.8 Å². The standard InChI is InChI=1S/C11H20N2O2/c1-5-8(14)6-10-12-9(13-15-10)7-11(2,3)4/h8,14H,5-7H2,1-4H3. The molecule has 0 fully saturated rings. The molecule has 1 atom stereocenters. The van der Waals surface area contributed by atoms with Crippen molar-refractivity contribution in [2.75, 3.05) is 0 Å². The highest BCUT2D eigenvalue weighted by Crippen LogP contribution is 2.18. The number of hydrogen-bond acceptors (Lipinski definition) is 4. The van der Waals surface area contributed by atoms with E-state index >= 15 is 0 Å². The van der Waals surface area contributed by atoms with E-state index in [9.17, 15) is 5.11 Å². The molecule has 1 N–H and O–H groups in total. The van der Waals surface area contributed by atoms with Crippen LogP contribution in [0.15, 0.2) is 4.52 Å². The van der Waals surface area contributed by atoms with Gasteiger partial charge in [0.05, 0.1) is 12.5 Å². The summed E-state index contributed by atoms with van der Waals surface area (Å²) in [4.78, 5) is 4.25. The molecule has 1 heterocycles. The van der Waals surface area contributed by atoms with E-state index in [0.717, 1.165) is 12.2 Å². The molecule has 1 aromatic rings. The summed E-state index contributed by atoms with van der Waals surface area (Å²) in [7, 11) is 0. The van der Waals surface area contributed by atoms with Crippen LogP contribution in [0.2, 0.25) is 0 Å². The second-order valence-electron chi connectivity index (χ2n) is 5.11. The van der Waals surface area contributed by atoms with E-state index in [2.05, 4.69) is 30.9 Å². The van der Waals surface area contributed by atoms with Crippen LogP contribution in [0, 0.1) is 5.41 Å². The average molecular weight is 212 g/mol. The first-order valence-electron chi connectivity index (χ1n) is 5.40. The summed E-state index contributed by atoms with van der Waals surface area (Å²) >= 11 is 0. The van der Waals surface area contributed by atoms with Crippen molar-refractivity contribution in [3.63, 3.8) is 0 Å². The zero-order valence-electron chi connectivity index (χ0n) is 9.95. The molecule has 0 spiro atoms. The van der Waals surface area contributed by atoms with E-state index in [1.165, 1.54) is 0 Å². The molecule has 0 aliphatic rings. The highest BCUT2D eigenvalue weighted by Gasteiger charge is 2.17. The highest BCUT2D eigenvalue weighted by atomic mass is 16.5. The maximum absolute atomic E-state index is 9.43. The Hall–Kier alpha value is -0.900. The van der Waals surface area contributed by atoms with Gasteiger partial charge in [0.25, 0.3) is 0 Å². The van der Waals surface area contributed by atoms with Crippen LogP contribution in [-0.4, -0.2) is 21.4 Å². The Balaban J connectivity index is 2.56. The molecule has 4 heteroatoms. The van der Waals surface area contributed by atoms with Gasteiger partial charge in [-0.15, -0.1) is 0 Å². The van der Waals surface area contributed by atoms with Crippen LogP contribution in [0.3, 0.4) is 0 Å². The van der Waals surface area contributed by atoms with Crippen molar-refractivity contribution in [1.29, 1.82) is 0 Å². The lowest BCUT2D eigenvalue weighted by Crippen LogP contribution is -2.11. The van der Waals surface area contributed by atoms with Crippen molar-refractivity contribution in [3.8, 4) is 0 Å². The zero-order valence-corrected chi connectivity index (χ0v) is 9.95. The monoisotopic (exact) mass is 212 g/mol. The van der Waals surface area contributed by atoms with Crippen LogP contribution in [0.4, 0.5) is 0 Å². The summed E-state index contributed by atoms with van der Waals surface area (Å²) in [6.45, 7) is 8.31. The minimum atomic E-state index is -0.382. The van der Waals surface area contributed by atoms with Crippen LogP contribution < -0.4 is 0 Å². The van der Waals surface area contributed by atoms with Gasteiger partial charge in [-0.3, -0.25) is 0 Å². The first-order valence-corrected chi connectivity index (χ1v) is 5.40. The third kappa shape index (κ3) is 4.42. The van der Waals surface area contributed by atoms with Crippen LogP contribution in [0.5, 0.6) is 0 Å². The first kappa shape index (κ1) is 12.2. The molecule has 0 aromatic carbocycles. The Morgan fingerprint density at radius 2 is 2.07 bits per heavy atom. The van der Waals surface area contributed by atoms with Crippen molar-refractivity contribution in [2.45, 2.75) is 53.1 Å². The van der Waals surface area contributed by atoms with Crippen LogP contribution in [0.25, 0.3) is 0 Å². The Morgan fingerprint density at radius 3 is 2.60 bits per heavy atom. The predicted octanol–water partition coefficient (Wildman–Crippen LogP) is 1.97. The molecular formula is C11H20N2O2. The number of hydrogen-bond donors (Lipinski definition) is 1. The third-order valence-electron chi connectivity index (χ3n) is 2.08. The summed E-state index contributed by atoms with van der Waals surface area (Å²) in [5, 5.41) is 13.3. The lowest BCUT2D eigenvalue weighted by Gasteiger charge is -2.14. The van der Waals surface area contributed by atoms with Gasteiger partial charge >= 0.3 is 0 Å². The molecule has 4 nitrogen and oxygen atoms in total. The molecule has 1 rings (SSSR count). The normalized spacial score (nSPS) is 14.2. The Labute approximate surface area is 90.7 Å². The van der Waals surface area contributed by atoms with E-state index in [-0.39, 0.29) is 11.5 Å². The molecule has 0 amide bonds. The van der Waals surface area contributed by atoms with E-state index in [4.69, 9.17) is 4.52 Å². The molecular weight excluding hydrogens is 192 g/mol. The second-order valence-corrected chi connectivity index (χ2v) is 5.11. The van der Waals surface area contributed by atoms with Gasteiger partial charge in [0, 0.05) is 6.42 Å². The van der Waals surface area contributed by atoms with Gasteiger partial charge < -0.3 is 9.63 Å². The van der Waals surface area contributed by atoms with Gasteiger partial charge in [-0.2, -0.15) is 4.98 Å². The van der Waals surface area contributed by atoms with Crippen molar-refractivity contribution >= 4 is 0 Å². The Kier molecular flexibility index (Phi) is 3.85. The lowest BCUT2D eigenvalue weighted by atomic mass is 9.92. The topological polar surface area (TPSA) is 59.2 Å². The van der Waals surface area contributed by atoms with Crippen LogP contribution in [0.1, 0.15) is 45.8 Å². The Bertz CT molecular complexity index is 302. The number of rotatable bonds is 4. The molecule has 0 bridgehead atoms. The minimum absolute atomic E-state index is 0.157. The summed E-state index contributed by atoms with van der Waals surface area (Å²) in [6.07, 6.45) is 1.57. The molecule has 86 valence electrons. The first-order chi connectivity index (χ1) is 6.90. The summed E-state index contributed by atoms with van der Waals surface area (Å²) < 4.78 is 5.06. The van der Waals surface area contributed by atoms with Gasteiger partial charge in [0.1, 0.15) is 0 Å². The SMILES string of the molecule is CCC(O)Cc1nc(CC(C)(C)C)no1. The molecule has 0 aliphatic heterocycles. The molecule has 0 saturated heterocycles. The maximum atomic E-state index is 9.43. The predicted molar refractivity (Wildman–Crippen MR) is 57.5 cm³/mol. The van der Waals surface area contributed by atoms with Gasteiger partial charge in [-0.25, -0.2) is 0 Å². The molecule has 1 aromatic heterocycles. The van der Waals surface area contributed by atoms with E-state index in [0.29, 0.717) is 18.7 Å². The maximum Gasteiger partial charge on any atom is 0.229 e. The largest absolute Gasteiger partial charge is 0.393 e. The quantitative estimate of drug-likeness (QED) is 0.829. The highest BCUT2D eigenvalue weighted by molar-refractivity contribution is 4.91. The van der Waals surface area contributed by atoms with Gasteiger partial charge in [0.15, 0.2) is 5.82 Å². The zero-order chi connectivity index (χ0) is 11.5. The minimum Gasteiger partial charge on any atom is -0.393 e. The van der Waals surface area contributed by atoms with Gasteiger partial charge in [0.2, 0.25) is 5.89 Å². The van der Waals surface area contributed by atoms with E-state index in [1.807, 2.05) is 6.92 Å². The van der Waals surface area contributed by atoms with Crippen molar-refractivity contribution in [1.82, 2.24) is 10.1 Å². The van der Waals surface area contributed by atoms with Crippen molar-refractivity contribution in [2.24, 2.45) is 5.41 Å². The fourth-order valence-corrected chi connectivity index (χ4v) is 1.27.